The number of aromatic nitrogens is 3. The van der Waals surface area contributed by atoms with Gasteiger partial charge in [0.25, 0.3) is 0 Å². The van der Waals surface area contributed by atoms with Crippen LogP contribution in [-0.2, 0) is 11.8 Å². The van der Waals surface area contributed by atoms with Crippen molar-refractivity contribution in [1.29, 1.82) is 0 Å². The first-order valence-corrected chi connectivity index (χ1v) is 11.9. The first-order chi connectivity index (χ1) is 14.0. The predicted molar refractivity (Wildman–Crippen MR) is 120 cm³/mol. The number of nitrogens with zero attached hydrogens (tertiary/aromatic N) is 3. The van der Waals surface area contributed by atoms with Crippen LogP contribution in [0.1, 0.15) is 36.1 Å². The Morgan fingerprint density at radius 2 is 1.93 bits per heavy atom. The van der Waals surface area contributed by atoms with Gasteiger partial charge in [-0.1, -0.05) is 54.4 Å². The number of thioether (sulfide) groups is 1. The summed E-state index contributed by atoms with van der Waals surface area (Å²) in [6.45, 7) is 4.24. The summed E-state index contributed by atoms with van der Waals surface area (Å²) in [6, 6.07) is 8.94. The molecule has 2 heterocycles. The molecule has 3 aromatic rings. The van der Waals surface area contributed by atoms with Crippen molar-refractivity contribution in [3.8, 4) is 22.5 Å². The van der Waals surface area contributed by atoms with Crippen LogP contribution in [0.5, 0.6) is 0 Å². The maximum Gasteiger partial charge on any atom is 0.230 e. The van der Waals surface area contributed by atoms with Gasteiger partial charge in [0, 0.05) is 34.5 Å². The molecule has 4 rings (SSSR count). The van der Waals surface area contributed by atoms with E-state index in [4.69, 9.17) is 0 Å². The van der Waals surface area contributed by atoms with Crippen LogP contribution < -0.4 is 5.32 Å². The van der Waals surface area contributed by atoms with E-state index in [0.717, 1.165) is 29.4 Å². The number of benzene rings is 1. The molecule has 0 spiro atoms. The van der Waals surface area contributed by atoms with E-state index in [1.807, 2.05) is 11.6 Å². The van der Waals surface area contributed by atoms with Crippen LogP contribution in [0, 0.1) is 13.8 Å². The molecule has 0 aliphatic heterocycles. The summed E-state index contributed by atoms with van der Waals surface area (Å²) < 4.78 is 1.99. The lowest BCUT2D eigenvalue weighted by molar-refractivity contribution is -0.119. The third kappa shape index (κ3) is 4.41. The minimum atomic E-state index is 0.0816. The van der Waals surface area contributed by atoms with Gasteiger partial charge >= 0.3 is 0 Å². The van der Waals surface area contributed by atoms with Crippen molar-refractivity contribution < 1.29 is 4.79 Å². The van der Waals surface area contributed by atoms with Crippen LogP contribution in [0.2, 0.25) is 0 Å². The standard InChI is InChI=1S/C22H26N4OS2/c1-14-8-10-16(11-9-14)20-15(2)28-12-18(20)21-24-25-22(26(21)3)29-13-19(27)23-17-6-4-5-7-17/h8-12,17H,4-7,13H2,1-3H3,(H,23,27). The van der Waals surface area contributed by atoms with Crippen LogP contribution in [0.3, 0.4) is 0 Å². The molecule has 29 heavy (non-hydrogen) atoms. The minimum absolute atomic E-state index is 0.0816. The van der Waals surface area contributed by atoms with E-state index in [0.29, 0.717) is 11.8 Å². The number of carbonyl (C=O) groups excluding carboxylic acids is 1. The Kier molecular flexibility index (Phi) is 6.06. The van der Waals surface area contributed by atoms with Gasteiger partial charge in [-0.3, -0.25) is 4.79 Å². The summed E-state index contributed by atoms with van der Waals surface area (Å²) >= 11 is 3.17. The highest BCUT2D eigenvalue weighted by molar-refractivity contribution is 7.99. The monoisotopic (exact) mass is 426 g/mol. The number of carbonyl (C=O) groups is 1. The number of rotatable bonds is 6. The predicted octanol–water partition coefficient (Wildman–Crippen LogP) is 4.98. The summed E-state index contributed by atoms with van der Waals surface area (Å²) in [5, 5.41) is 14.8. The van der Waals surface area contributed by atoms with Crippen molar-refractivity contribution in [1.82, 2.24) is 20.1 Å². The summed E-state index contributed by atoms with van der Waals surface area (Å²) in [5.41, 5.74) is 4.74. The van der Waals surface area contributed by atoms with Gasteiger partial charge in [-0.25, -0.2) is 0 Å². The van der Waals surface area contributed by atoms with Crippen molar-refractivity contribution >= 4 is 29.0 Å². The summed E-state index contributed by atoms with van der Waals surface area (Å²) in [7, 11) is 1.97. The Morgan fingerprint density at radius 1 is 1.21 bits per heavy atom. The van der Waals surface area contributed by atoms with Crippen LogP contribution in [0.25, 0.3) is 22.5 Å². The van der Waals surface area contributed by atoms with Gasteiger partial charge in [-0.05, 0) is 32.3 Å². The minimum Gasteiger partial charge on any atom is -0.353 e. The van der Waals surface area contributed by atoms with E-state index in [2.05, 4.69) is 59.0 Å². The molecule has 1 amide bonds. The van der Waals surface area contributed by atoms with Crippen LogP contribution in [-0.4, -0.2) is 32.5 Å². The maximum absolute atomic E-state index is 12.2. The number of aryl methyl sites for hydroxylation is 2. The molecule has 1 aliphatic carbocycles. The largest absolute Gasteiger partial charge is 0.353 e. The van der Waals surface area contributed by atoms with E-state index >= 15 is 0 Å². The van der Waals surface area contributed by atoms with E-state index < -0.39 is 0 Å². The van der Waals surface area contributed by atoms with Gasteiger partial charge in [0.2, 0.25) is 5.91 Å². The highest BCUT2D eigenvalue weighted by atomic mass is 32.2. The van der Waals surface area contributed by atoms with Gasteiger partial charge < -0.3 is 9.88 Å². The molecule has 0 saturated heterocycles. The van der Waals surface area contributed by atoms with Crippen molar-refractivity contribution in [2.45, 2.75) is 50.7 Å². The van der Waals surface area contributed by atoms with E-state index in [-0.39, 0.29) is 5.91 Å². The fourth-order valence-corrected chi connectivity index (χ4v) is 5.43. The SMILES string of the molecule is Cc1ccc(-c2c(-c3nnc(SCC(=O)NC4CCCC4)n3C)csc2C)cc1. The second kappa shape index (κ2) is 8.71. The molecule has 152 valence electrons. The van der Waals surface area contributed by atoms with Crippen LogP contribution in [0.4, 0.5) is 0 Å². The normalized spacial score (nSPS) is 14.4. The third-order valence-electron chi connectivity index (χ3n) is 5.44. The van der Waals surface area contributed by atoms with Gasteiger partial charge in [0.05, 0.1) is 5.75 Å². The number of hydrogen-bond donors (Lipinski definition) is 1. The molecular formula is C22H26N4OS2. The first-order valence-electron chi connectivity index (χ1n) is 10.00. The highest BCUT2D eigenvalue weighted by Gasteiger charge is 2.20. The lowest BCUT2D eigenvalue weighted by Gasteiger charge is -2.11. The smallest absolute Gasteiger partial charge is 0.230 e. The number of nitrogens with one attached hydrogen (secondary N) is 1. The zero-order valence-electron chi connectivity index (χ0n) is 17.1. The molecule has 0 unspecified atom stereocenters. The van der Waals surface area contributed by atoms with Gasteiger partial charge in [-0.15, -0.1) is 21.5 Å². The zero-order valence-corrected chi connectivity index (χ0v) is 18.7. The Hall–Kier alpha value is -2.12. The van der Waals surface area contributed by atoms with E-state index in [1.165, 1.54) is 46.2 Å². The molecule has 1 saturated carbocycles. The summed E-state index contributed by atoms with van der Waals surface area (Å²) in [5.74, 6) is 1.29. The lowest BCUT2D eigenvalue weighted by Crippen LogP contribution is -2.33. The quantitative estimate of drug-likeness (QED) is 0.565. The maximum atomic E-state index is 12.2. The molecule has 0 atom stereocenters. The fraction of sp³-hybridized carbons (Fsp3) is 0.409. The van der Waals surface area contributed by atoms with Gasteiger partial charge in [0.1, 0.15) is 0 Å². The average molecular weight is 427 g/mol. The van der Waals surface area contributed by atoms with Gasteiger partial charge in [0.15, 0.2) is 11.0 Å². The van der Waals surface area contributed by atoms with Crippen molar-refractivity contribution in [3.05, 3.63) is 40.1 Å². The lowest BCUT2D eigenvalue weighted by atomic mass is 10.0. The second-order valence-corrected chi connectivity index (χ2v) is 9.68. The first kappa shape index (κ1) is 20.2. The number of thiophene rings is 1. The fourth-order valence-electron chi connectivity index (χ4n) is 3.84. The molecule has 0 radical (unpaired) electrons. The Morgan fingerprint density at radius 3 is 2.66 bits per heavy atom. The molecule has 5 nitrogen and oxygen atoms in total. The van der Waals surface area contributed by atoms with E-state index in [9.17, 15) is 4.79 Å². The molecule has 7 heteroatoms. The van der Waals surface area contributed by atoms with Crippen molar-refractivity contribution in [2.75, 3.05) is 5.75 Å². The molecular weight excluding hydrogens is 400 g/mol. The zero-order chi connectivity index (χ0) is 20.4. The Balaban J connectivity index is 1.51. The molecule has 1 fully saturated rings. The number of hydrogen-bond acceptors (Lipinski definition) is 5. The van der Waals surface area contributed by atoms with E-state index in [1.54, 1.807) is 11.3 Å². The average Bonchev–Trinajstić information content (AvgIpc) is 3.42. The Bertz CT molecular complexity index is 1000. The van der Waals surface area contributed by atoms with Crippen LogP contribution >= 0.6 is 23.1 Å². The summed E-state index contributed by atoms with van der Waals surface area (Å²) in [6.07, 6.45) is 4.63. The Labute approximate surface area is 179 Å². The van der Waals surface area contributed by atoms with Crippen molar-refractivity contribution in [3.63, 3.8) is 0 Å². The summed E-state index contributed by atoms with van der Waals surface area (Å²) in [4.78, 5) is 13.5. The topological polar surface area (TPSA) is 59.8 Å². The number of amides is 1. The molecule has 2 aromatic heterocycles. The molecule has 0 bridgehead atoms. The molecule has 1 aliphatic rings. The van der Waals surface area contributed by atoms with Crippen molar-refractivity contribution in [2.24, 2.45) is 7.05 Å². The third-order valence-corrected chi connectivity index (χ3v) is 7.38. The van der Waals surface area contributed by atoms with Crippen LogP contribution in [0.15, 0.2) is 34.8 Å². The second-order valence-electron chi connectivity index (χ2n) is 7.65. The molecule has 1 N–H and O–H groups in total. The van der Waals surface area contributed by atoms with Gasteiger partial charge in [-0.2, -0.15) is 0 Å². The molecule has 1 aromatic carbocycles. The highest BCUT2D eigenvalue weighted by Crippen LogP contribution is 2.38.